The SMILES string of the molecule is CCCC(C)NC(=O)CN(C)c1ccccc1C#N. The Morgan fingerprint density at radius 2 is 2.16 bits per heavy atom. The molecule has 0 saturated carbocycles. The highest BCUT2D eigenvalue weighted by Gasteiger charge is 2.12. The predicted molar refractivity (Wildman–Crippen MR) is 76.9 cm³/mol. The number of benzene rings is 1. The Bertz CT molecular complexity index is 465. The highest BCUT2D eigenvalue weighted by molar-refractivity contribution is 5.82. The number of para-hydroxylation sites is 1. The van der Waals surface area contributed by atoms with Crippen molar-refractivity contribution in [2.24, 2.45) is 0 Å². The van der Waals surface area contributed by atoms with Crippen molar-refractivity contribution in [1.82, 2.24) is 5.32 Å². The molecule has 0 aliphatic carbocycles. The maximum Gasteiger partial charge on any atom is 0.239 e. The molecule has 1 aromatic carbocycles. The van der Waals surface area contributed by atoms with Gasteiger partial charge in [0, 0.05) is 13.1 Å². The van der Waals surface area contributed by atoms with E-state index < -0.39 is 0 Å². The molecule has 1 rings (SSSR count). The van der Waals surface area contributed by atoms with Crippen molar-refractivity contribution in [3.63, 3.8) is 0 Å². The summed E-state index contributed by atoms with van der Waals surface area (Å²) in [6.07, 6.45) is 2.03. The first-order valence-corrected chi connectivity index (χ1v) is 6.58. The third-order valence-electron chi connectivity index (χ3n) is 2.95. The quantitative estimate of drug-likeness (QED) is 0.852. The van der Waals surface area contributed by atoms with Crippen LogP contribution < -0.4 is 10.2 Å². The second kappa shape index (κ2) is 7.42. The Morgan fingerprint density at radius 3 is 2.79 bits per heavy atom. The van der Waals surface area contributed by atoms with Crippen molar-refractivity contribution >= 4 is 11.6 Å². The number of anilines is 1. The van der Waals surface area contributed by atoms with E-state index in [0.29, 0.717) is 5.56 Å². The van der Waals surface area contributed by atoms with Gasteiger partial charge in [-0.3, -0.25) is 4.79 Å². The first-order chi connectivity index (χ1) is 9.08. The second-order valence-electron chi connectivity index (χ2n) is 4.74. The zero-order valence-corrected chi connectivity index (χ0v) is 11.8. The summed E-state index contributed by atoms with van der Waals surface area (Å²) in [6.45, 7) is 4.36. The molecular formula is C15H21N3O. The number of hydrogen-bond acceptors (Lipinski definition) is 3. The monoisotopic (exact) mass is 259 g/mol. The van der Waals surface area contributed by atoms with Gasteiger partial charge < -0.3 is 10.2 Å². The molecule has 0 radical (unpaired) electrons. The van der Waals surface area contributed by atoms with Gasteiger partial charge in [0.25, 0.3) is 0 Å². The summed E-state index contributed by atoms with van der Waals surface area (Å²) in [4.78, 5) is 13.7. The largest absolute Gasteiger partial charge is 0.364 e. The zero-order valence-electron chi connectivity index (χ0n) is 11.8. The van der Waals surface area contributed by atoms with E-state index in [1.54, 1.807) is 11.0 Å². The molecule has 4 nitrogen and oxygen atoms in total. The van der Waals surface area contributed by atoms with Crippen LogP contribution in [0.15, 0.2) is 24.3 Å². The van der Waals surface area contributed by atoms with Crippen molar-refractivity contribution in [3.8, 4) is 6.07 Å². The number of carbonyl (C=O) groups excluding carboxylic acids is 1. The van der Waals surface area contributed by atoms with Gasteiger partial charge in [-0.15, -0.1) is 0 Å². The number of amides is 1. The third kappa shape index (κ3) is 4.63. The van der Waals surface area contributed by atoms with Gasteiger partial charge >= 0.3 is 0 Å². The van der Waals surface area contributed by atoms with E-state index in [4.69, 9.17) is 5.26 Å². The van der Waals surface area contributed by atoms with Crippen LogP contribution in [0.1, 0.15) is 32.3 Å². The van der Waals surface area contributed by atoms with Crippen LogP contribution in [0.25, 0.3) is 0 Å². The number of carbonyl (C=O) groups is 1. The topological polar surface area (TPSA) is 56.1 Å². The van der Waals surface area contributed by atoms with Crippen LogP contribution in [0.2, 0.25) is 0 Å². The summed E-state index contributed by atoms with van der Waals surface area (Å²) in [5.74, 6) is -0.0174. The van der Waals surface area contributed by atoms with Crippen LogP contribution in [0, 0.1) is 11.3 Å². The first-order valence-electron chi connectivity index (χ1n) is 6.58. The molecule has 0 aliphatic rings. The summed E-state index contributed by atoms with van der Waals surface area (Å²) >= 11 is 0. The molecule has 0 fully saturated rings. The molecule has 0 aromatic heterocycles. The van der Waals surface area contributed by atoms with E-state index in [0.717, 1.165) is 18.5 Å². The molecule has 1 aromatic rings. The highest BCUT2D eigenvalue weighted by Crippen LogP contribution is 2.17. The lowest BCUT2D eigenvalue weighted by Gasteiger charge is -2.21. The number of likely N-dealkylation sites (N-methyl/N-ethyl adjacent to an activating group) is 1. The Balaban J connectivity index is 2.62. The molecule has 1 N–H and O–H groups in total. The van der Waals surface area contributed by atoms with Gasteiger partial charge in [-0.25, -0.2) is 0 Å². The van der Waals surface area contributed by atoms with Crippen LogP contribution in [-0.2, 0) is 4.79 Å². The van der Waals surface area contributed by atoms with Crippen molar-refractivity contribution in [1.29, 1.82) is 5.26 Å². The molecule has 19 heavy (non-hydrogen) atoms. The van der Waals surface area contributed by atoms with Gasteiger partial charge in [-0.1, -0.05) is 25.5 Å². The number of nitrogens with one attached hydrogen (secondary N) is 1. The molecule has 0 bridgehead atoms. The summed E-state index contributed by atoms with van der Waals surface area (Å²) in [6, 6.07) is 9.62. The molecule has 1 unspecified atom stereocenters. The van der Waals surface area contributed by atoms with E-state index in [1.807, 2.05) is 32.2 Å². The fourth-order valence-corrected chi connectivity index (χ4v) is 2.03. The molecule has 4 heteroatoms. The lowest BCUT2D eigenvalue weighted by Crippen LogP contribution is -2.39. The summed E-state index contributed by atoms with van der Waals surface area (Å²) in [5, 5.41) is 12.0. The minimum Gasteiger partial charge on any atom is -0.364 e. The predicted octanol–water partition coefficient (Wildman–Crippen LogP) is 2.30. The number of nitrogens with zero attached hydrogens (tertiary/aromatic N) is 2. The van der Waals surface area contributed by atoms with E-state index in [9.17, 15) is 4.79 Å². The zero-order chi connectivity index (χ0) is 14.3. The summed E-state index contributed by atoms with van der Waals surface area (Å²) in [7, 11) is 1.82. The minimum absolute atomic E-state index is 0.0174. The summed E-state index contributed by atoms with van der Waals surface area (Å²) in [5.41, 5.74) is 1.36. The Labute approximate surface area is 115 Å². The van der Waals surface area contributed by atoms with Crippen molar-refractivity contribution in [3.05, 3.63) is 29.8 Å². The Hall–Kier alpha value is -2.02. The summed E-state index contributed by atoms with van der Waals surface area (Å²) < 4.78 is 0. The Kier molecular flexibility index (Phi) is 5.87. The molecule has 0 heterocycles. The molecule has 1 atom stereocenters. The average Bonchev–Trinajstić information content (AvgIpc) is 2.38. The van der Waals surface area contributed by atoms with Gasteiger partial charge in [0.2, 0.25) is 5.91 Å². The number of nitriles is 1. The highest BCUT2D eigenvalue weighted by atomic mass is 16.2. The van der Waals surface area contributed by atoms with Crippen LogP contribution >= 0.6 is 0 Å². The van der Waals surface area contributed by atoms with Crippen LogP contribution in [-0.4, -0.2) is 25.5 Å². The van der Waals surface area contributed by atoms with E-state index >= 15 is 0 Å². The van der Waals surface area contributed by atoms with E-state index in [-0.39, 0.29) is 18.5 Å². The van der Waals surface area contributed by atoms with Gasteiger partial charge in [0.1, 0.15) is 6.07 Å². The van der Waals surface area contributed by atoms with E-state index in [2.05, 4.69) is 18.3 Å². The van der Waals surface area contributed by atoms with Crippen LogP contribution in [0.4, 0.5) is 5.69 Å². The van der Waals surface area contributed by atoms with Crippen molar-refractivity contribution in [2.45, 2.75) is 32.7 Å². The lowest BCUT2D eigenvalue weighted by molar-refractivity contribution is -0.120. The standard InChI is InChI=1S/C15H21N3O/c1-4-7-12(2)17-15(19)11-18(3)14-9-6-5-8-13(14)10-16/h5-6,8-9,12H,4,7,11H2,1-3H3,(H,17,19). The number of hydrogen-bond donors (Lipinski definition) is 1. The molecule has 0 saturated heterocycles. The Morgan fingerprint density at radius 1 is 1.47 bits per heavy atom. The van der Waals surface area contributed by atoms with Crippen LogP contribution in [0.5, 0.6) is 0 Å². The average molecular weight is 259 g/mol. The first kappa shape index (κ1) is 15.0. The van der Waals surface area contributed by atoms with Crippen molar-refractivity contribution < 1.29 is 4.79 Å². The number of rotatable bonds is 6. The molecule has 102 valence electrons. The lowest BCUT2D eigenvalue weighted by atomic mass is 10.1. The normalized spacial score (nSPS) is 11.5. The van der Waals surface area contributed by atoms with Gasteiger partial charge in [0.05, 0.1) is 17.8 Å². The fourth-order valence-electron chi connectivity index (χ4n) is 2.03. The molecular weight excluding hydrogens is 238 g/mol. The van der Waals surface area contributed by atoms with Gasteiger partial charge in [0.15, 0.2) is 0 Å². The van der Waals surface area contributed by atoms with Crippen LogP contribution in [0.3, 0.4) is 0 Å². The maximum atomic E-state index is 11.9. The third-order valence-corrected chi connectivity index (χ3v) is 2.95. The second-order valence-corrected chi connectivity index (χ2v) is 4.74. The molecule has 0 aliphatic heterocycles. The smallest absolute Gasteiger partial charge is 0.239 e. The maximum absolute atomic E-state index is 11.9. The van der Waals surface area contributed by atoms with E-state index in [1.165, 1.54) is 0 Å². The van der Waals surface area contributed by atoms with Gasteiger partial charge in [-0.2, -0.15) is 5.26 Å². The van der Waals surface area contributed by atoms with Crippen molar-refractivity contribution in [2.75, 3.05) is 18.5 Å². The fraction of sp³-hybridized carbons (Fsp3) is 0.467. The molecule has 0 spiro atoms. The van der Waals surface area contributed by atoms with Gasteiger partial charge in [-0.05, 0) is 25.5 Å². The minimum atomic E-state index is -0.0174. The molecule has 1 amide bonds.